The van der Waals surface area contributed by atoms with Crippen LogP contribution in [0.3, 0.4) is 0 Å². The summed E-state index contributed by atoms with van der Waals surface area (Å²) in [6, 6.07) is 5.75. The lowest BCUT2D eigenvalue weighted by Crippen LogP contribution is -2.44. The molecule has 2 aromatic rings. The van der Waals surface area contributed by atoms with Crippen molar-refractivity contribution in [1.82, 2.24) is 20.3 Å². The summed E-state index contributed by atoms with van der Waals surface area (Å²) in [6.45, 7) is 2.25. The maximum absolute atomic E-state index is 12.4. The number of hydrogen-bond donors (Lipinski definition) is 1. The number of piperidine rings is 1. The monoisotopic (exact) mass is 311 g/mol. The summed E-state index contributed by atoms with van der Waals surface area (Å²) in [5.41, 5.74) is 1.18. The SMILES string of the molecule is O=C(NCCc1ccncc1)C1CCCN(c2ncccn2)C1. The van der Waals surface area contributed by atoms with Crippen LogP contribution in [-0.4, -0.2) is 40.5 Å². The quantitative estimate of drug-likeness (QED) is 0.905. The molecular formula is C17H21N5O. The van der Waals surface area contributed by atoms with Gasteiger partial charge in [-0.25, -0.2) is 9.97 Å². The molecule has 3 rings (SSSR count). The third kappa shape index (κ3) is 4.25. The van der Waals surface area contributed by atoms with Crippen LogP contribution in [0.2, 0.25) is 0 Å². The molecule has 0 bridgehead atoms. The number of carbonyl (C=O) groups excluding carboxylic acids is 1. The van der Waals surface area contributed by atoms with Gasteiger partial charge in [-0.15, -0.1) is 0 Å². The van der Waals surface area contributed by atoms with E-state index in [9.17, 15) is 4.79 Å². The molecule has 0 radical (unpaired) electrons. The van der Waals surface area contributed by atoms with Crippen molar-refractivity contribution in [1.29, 1.82) is 0 Å². The minimum Gasteiger partial charge on any atom is -0.355 e. The summed E-state index contributed by atoms with van der Waals surface area (Å²) >= 11 is 0. The fourth-order valence-electron chi connectivity index (χ4n) is 2.85. The zero-order valence-electron chi connectivity index (χ0n) is 13.1. The maximum Gasteiger partial charge on any atom is 0.225 e. The fourth-order valence-corrected chi connectivity index (χ4v) is 2.85. The third-order valence-electron chi connectivity index (χ3n) is 4.09. The molecule has 1 unspecified atom stereocenters. The third-order valence-corrected chi connectivity index (χ3v) is 4.09. The lowest BCUT2D eigenvalue weighted by atomic mass is 9.97. The predicted octanol–water partition coefficient (Wildman–Crippen LogP) is 1.45. The van der Waals surface area contributed by atoms with Crippen molar-refractivity contribution in [2.75, 3.05) is 24.5 Å². The Hall–Kier alpha value is -2.50. The van der Waals surface area contributed by atoms with Crippen LogP contribution in [0.4, 0.5) is 5.95 Å². The predicted molar refractivity (Wildman–Crippen MR) is 87.9 cm³/mol. The minimum absolute atomic E-state index is 0.00463. The average molecular weight is 311 g/mol. The summed E-state index contributed by atoms with van der Waals surface area (Å²) in [5, 5.41) is 3.05. The van der Waals surface area contributed by atoms with Crippen LogP contribution in [-0.2, 0) is 11.2 Å². The Morgan fingerprint density at radius 2 is 2.00 bits per heavy atom. The summed E-state index contributed by atoms with van der Waals surface area (Å²) in [6.07, 6.45) is 9.76. The van der Waals surface area contributed by atoms with Gasteiger partial charge < -0.3 is 10.2 Å². The highest BCUT2D eigenvalue weighted by atomic mass is 16.1. The van der Waals surface area contributed by atoms with E-state index in [1.165, 1.54) is 5.56 Å². The molecule has 0 aromatic carbocycles. The van der Waals surface area contributed by atoms with E-state index in [1.807, 2.05) is 12.1 Å². The van der Waals surface area contributed by atoms with Crippen LogP contribution in [0.5, 0.6) is 0 Å². The van der Waals surface area contributed by atoms with Gasteiger partial charge in [-0.1, -0.05) is 0 Å². The number of hydrogen-bond acceptors (Lipinski definition) is 5. The Morgan fingerprint density at radius 1 is 1.22 bits per heavy atom. The highest BCUT2D eigenvalue weighted by Crippen LogP contribution is 2.20. The molecular weight excluding hydrogens is 290 g/mol. The van der Waals surface area contributed by atoms with Gasteiger partial charge in [0.1, 0.15) is 0 Å². The molecule has 0 saturated carbocycles. The Balaban J connectivity index is 1.49. The first-order valence-corrected chi connectivity index (χ1v) is 8.01. The van der Waals surface area contributed by atoms with Crippen LogP contribution in [0.25, 0.3) is 0 Å². The van der Waals surface area contributed by atoms with Gasteiger partial charge >= 0.3 is 0 Å². The zero-order valence-corrected chi connectivity index (χ0v) is 13.1. The van der Waals surface area contributed by atoms with Crippen molar-refractivity contribution in [2.45, 2.75) is 19.3 Å². The Kier molecular flexibility index (Phi) is 5.13. The van der Waals surface area contributed by atoms with Crippen molar-refractivity contribution in [2.24, 2.45) is 5.92 Å². The fraction of sp³-hybridized carbons (Fsp3) is 0.412. The van der Waals surface area contributed by atoms with E-state index in [4.69, 9.17) is 0 Å². The first-order chi connectivity index (χ1) is 11.3. The van der Waals surface area contributed by atoms with Gasteiger partial charge in [-0.2, -0.15) is 0 Å². The number of aromatic nitrogens is 3. The van der Waals surface area contributed by atoms with Gasteiger partial charge in [0.05, 0.1) is 5.92 Å². The average Bonchev–Trinajstić information content (AvgIpc) is 2.63. The standard InChI is InChI=1S/C17H21N5O/c23-16(19-11-6-14-4-9-18-10-5-14)15-3-1-12-22(13-15)17-20-7-2-8-21-17/h2,4-5,7-10,15H,1,3,6,11-13H2,(H,19,23). The van der Waals surface area contributed by atoms with Crippen molar-refractivity contribution in [3.05, 3.63) is 48.5 Å². The maximum atomic E-state index is 12.4. The largest absolute Gasteiger partial charge is 0.355 e. The molecule has 1 amide bonds. The van der Waals surface area contributed by atoms with E-state index in [2.05, 4.69) is 25.2 Å². The molecule has 0 aliphatic carbocycles. The van der Waals surface area contributed by atoms with Gasteiger partial charge in [-0.3, -0.25) is 9.78 Å². The minimum atomic E-state index is 0.00463. The number of anilines is 1. The Labute approximate surface area is 136 Å². The van der Waals surface area contributed by atoms with E-state index in [0.717, 1.165) is 25.8 Å². The molecule has 3 heterocycles. The summed E-state index contributed by atoms with van der Waals surface area (Å²) in [4.78, 5) is 27.0. The van der Waals surface area contributed by atoms with Crippen LogP contribution in [0.15, 0.2) is 43.0 Å². The van der Waals surface area contributed by atoms with E-state index in [0.29, 0.717) is 19.0 Å². The van der Waals surface area contributed by atoms with Crippen LogP contribution in [0, 0.1) is 5.92 Å². The van der Waals surface area contributed by atoms with Crippen molar-refractivity contribution in [3.8, 4) is 0 Å². The Morgan fingerprint density at radius 3 is 2.78 bits per heavy atom. The topological polar surface area (TPSA) is 71.0 Å². The molecule has 2 aromatic heterocycles. The molecule has 1 atom stereocenters. The molecule has 1 N–H and O–H groups in total. The van der Waals surface area contributed by atoms with Crippen LogP contribution >= 0.6 is 0 Å². The first kappa shape index (κ1) is 15.4. The van der Waals surface area contributed by atoms with Crippen molar-refractivity contribution in [3.63, 3.8) is 0 Å². The van der Waals surface area contributed by atoms with Gasteiger partial charge in [0.15, 0.2) is 0 Å². The summed E-state index contributed by atoms with van der Waals surface area (Å²) in [5.74, 6) is 0.839. The molecule has 1 fully saturated rings. The van der Waals surface area contributed by atoms with Gasteiger partial charge in [0.2, 0.25) is 11.9 Å². The van der Waals surface area contributed by atoms with E-state index in [-0.39, 0.29) is 11.8 Å². The number of nitrogens with zero attached hydrogens (tertiary/aromatic N) is 4. The molecule has 0 spiro atoms. The lowest BCUT2D eigenvalue weighted by Gasteiger charge is -2.31. The van der Waals surface area contributed by atoms with Crippen molar-refractivity contribution >= 4 is 11.9 Å². The van der Waals surface area contributed by atoms with Crippen LogP contribution in [0.1, 0.15) is 18.4 Å². The lowest BCUT2D eigenvalue weighted by molar-refractivity contribution is -0.125. The molecule has 1 aliphatic rings. The van der Waals surface area contributed by atoms with E-state index >= 15 is 0 Å². The molecule has 6 nitrogen and oxygen atoms in total. The molecule has 1 aliphatic heterocycles. The second-order valence-electron chi connectivity index (χ2n) is 5.73. The molecule has 23 heavy (non-hydrogen) atoms. The second-order valence-corrected chi connectivity index (χ2v) is 5.73. The van der Waals surface area contributed by atoms with Crippen LogP contribution < -0.4 is 10.2 Å². The molecule has 1 saturated heterocycles. The van der Waals surface area contributed by atoms with Crippen molar-refractivity contribution < 1.29 is 4.79 Å². The molecule has 120 valence electrons. The summed E-state index contributed by atoms with van der Waals surface area (Å²) < 4.78 is 0. The van der Waals surface area contributed by atoms with Gasteiger partial charge in [0, 0.05) is 44.4 Å². The molecule has 6 heteroatoms. The van der Waals surface area contributed by atoms with E-state index in [1.54, 1.807) is 30.9 Å². The first-order valence-electron chi connectivity index (χ1n) is 8.01. The smallest absolute Gasteiger partial charge is 0.225 e. The highest BCUT2D eigenvalue weighted by molar-refractivity contribution is 5.79. The van der Waals surface area contributed by atoms with E-state index < -0.39 is 0 Å². The summed E-state index contributed by atoms with van der Waals surface area (Å²) in [7, 11) is 0. The highest BCUT2D eigenvalue weighted by Gasteiger charge is 2.26. The number of nitrogens with one attached hydrogen (secondary N) is 1. The number of pyridine rings is 1. The normalized spacial score (nSPS) is 17.7. The second kappa shape index (κ2) is 7.67. The number of carbonyl (C=O) groups is 1. The Bertz CT molecular complexity index is 619. The zero-order chi connectivity index (χ0) is 15.9. The van der Waals surface area contributed by atoms with Gasteiger partial charge in [0.25, 0.3) is 0 Å². The van der Waals surface area contributed by atoms with Gasteiger partial charge in [-0.05, 0) is 43.0 Å². The number of rotatable bonds is 5. The number of amides is 1.